The van der Waals surface area contributed by atoms with Gasteiger partial charge < -0.3 is 9.47 Å². The average Bonchev–Trinajstić information content (AvgIpc) is 3.28. The van der Waals surface area contributed by atoms with Crippen LogP contribution in [0.2, 0.25) is 10.0 Å². The second kappa shape index (κ2) is 9.22. The van der Waals surface area contributed by atoms with Gasteiger partial charge in [0.15, 0.2) is 17.5 Å². The molecule has 1 aromatic heterocycles. The molecule has 150 valence electrons. The molecule has 1 aliphatic heterocycles. The monoisotopic (exact) mass is 442 g/mol. The van der Waals surface area contributed by atoms with Crippen LogP contribution in [0.25, 0.3) is 0 Å². The Morgan fingerprint density at radius 3 is 2.79 bits per heavy atom. The molecule has 1 saturated heterocycles. The molecule has 0 saturated carbocycles. The number of anilines is 1. The summed E-state index contributed by atoms with van der Waals surface area (Å²) in [5.74, 6) is 0.0107. The van der Waals surface area contributed by atoms with E-state index in [1.54, 1.807) is 25.1 Å². The number of carbonyl (C=O) groups excluding carboxylic acids is 2. The minimum Gasteiger partial charge on any atom is -0.482 e. The number of ketones is 1. The number of hydrogen-bond donors (Lipinski definition) is 0. The summed E-state index contributed by atoms with van der Waals surface area (Å²) < 4.78 is 11.3. The number of aryl methyl sites for hydroxylation is 1. The number of amides is 1. The topological polar surface area (TPSA) is 68.7 Å². The van der Waals surface area contributed by atoms with Gasteiger partial charge in [0.1, 0.15) is 5.75 Å². The SMILES string of the molecule is CC(=O)c1sc(N(CC2CCCO2)C(=O)COc2ccc(Cl)cc2Cl)nc1C. The highest BCUT2D eigenvalue weighted by molar-refractivity contribution is 7.17. The highest BCUT2D eigenvalue weighted by atomic mass is 35.5. The van der Waals surface area contributed by atoms with Crippen molar-refractivity contribution in [3.8, 4) is 5.75 Å². The van der Waals surface area contributed by atoms with Crippen molar-refractivity contribution in [3.63, 3.8) is 0 Å². The minimum atomic E-state index is -0.287. The Kier molecular flexibility index (Phi) is 6.93. The van der Waals surface area contributed by atoms with Crippen LogP contribution in [0.4, 0.5) is 5.13 Å². The largest absolute Gasteiger partial charge is 0.482 e. The molecule has 6 nitrogen and oxygen atoms in total. The third kappa shape index (κ3) is 5.03. The molecular formula is C19H20Cl2N2O4S. The first-order valence-electron chi connectivity index (χ1n) is 8.83. The molecule has 1 aliphatic rings. The van der Waals surface area contributed by atoms with Crippen molar-refractivity contribution in [1.82, 2.24) is 4.98 Å². The van der Waals surface area contributed by atoms with E-state index in [4.69, 9.17) is 32.7 Å². The zero-order valence-corrected chi connectivity index (χ0v) is 17.9. The molecule has 0 aliphatic carbocycles. The van der Waals surface area contributed by atoms with Crippen molar-refractivity contribution in [1.29, 1.82) is 0 Å². The molecule has 1 unspecified atom stereocenters. The number of halogens is 2. The van der Waals surface area contributed by atoms with Gasteiger partial charge in [-0.1, -0.05) is 34.5 Å². The maximum Gasteiger partial charge on any atom is 0.266 e. The van der Waals surface area contributed by atoms with E-state index in [1.807, 2.05) is 0 Å². The number of nitrogens with zero attached hydrogens (tertiary/aromatic N) is 2. The van der Waals surface area contributed by atoms with Crippen LogP contribution >= 0.6 is 34.5 Å². The first kappa shape index (κ1) is 21.0. The van der Waals surface area contributed by atoms with Gasteiger partial charge in [-0.3, -0.25) is 14.5 Å². The van der Waals surface area contributed by atoms with Crippen LogP contribution in [-0.4, -0.2) is 42.5 Å². The van der Waals surface area contributed by atoms with Crippen molar-refractivity contribution in [2.75, 3.05) is 24.7 Å². The first-order valence-corrected chi connectivity index (χ1v) is 10.4. The van der Waals surface area contributed by atoms with Crippen molar-refractivity contribution < 1.29 is 19.1 Å². The second-order valence-corrected chi connectivity index (χ2v) is 8.29. The molecule has 0 N–H and O–H groups in total. The molecule has 28 heavy (non-hydrogen) atoms. The number of aromatic nitrogens is 1. The highest BCUT2D eigenvalue weighted by Gasteiger charge is 2.27. The van der Waals surface area contributed by atoms with Crippen LogP contribution in [0.3, 0.4) is 0 Å². The third-order valence-electron chi connectivity index (χ3n) is 4.29. The van der Waals surface area contributed by atoms with Gasteiger partial charge in [0.25, 0.3) is 5.91 Å². The summed E-state index contributed by atoms with van der Waals surface area (Å²) in [5, 5.41) is 1.28. The lowest BCUT2D eigenvalue weighted by molar-refractivity contribution is -0.120. The predicted octanol–water partition coefficient (Wildman–Crippen LogP) is 4.55. The van der Waals surface area contributed by atoms with Gasteiger partial charge in [-0.2, -0.15) is 0 Å². The number of hydrogen-bond acceptors (Lipinski definition) is 6. The summed E-state index contributed by atoms with van der Waals surface area (Å²) >= 11 is 13.2. The highest BCUT2D eigenvalue weighted by Crippen LogP contribution is 2.30. The van der Waals surface area contributed by atoms with Gasteiger partial charge in [0.05, 0.1) is 28.2 Å². The van der Waals surface area contributed by atoms with Gasteiger partial charge in [0, 0.05) is 18.6 Å². The Morgan fingerprint density at radius 2 is 2.18 bits per heavy atom. The van der Waals surface area contributed by atoms with Crippen molar-refractivity contribution in [2.45, 2.75) is 32.8 Å². The summed E-state index contributed by atoms with van der Waals surface area (Å²) in [5.41, 5.74) is 0.610. The van der Waals surface area contributed by atoms with Crippen molar-refractivity contribution in [2.24, 2.45) is 0 Å². The molecule has 0 radical (unpaired) electrons. The number of thiazole rings is 1. The van der Waals surface area contributed by atoms with Crippen molar-refractivity contribution >= 4 is 51.4 Å². The fourth-order valence-corrected chi connectivity index (χ4v) is 4.36. The Balaban J connectivity index is 1.78. The number of carbonyl (C=O) groups is 2. The summed E-state index contributed by atoms with van der Waals surface area (Å²) in [6, 6.07) is 4.81. The predicted molar refractivity (Wildman–Crippen MR) is 110 cm³/mol. The summed E-state index contributed by atoms with van der Waals surface area (Å²) in [7, 11) is 0. The van der Waals surface area contributed by atoms with E-state index in [0.29, 0.717) is 44.6 Å². The normalized spacial score (nSPS) is 16.2. The summed E-state index contributed by atoms with van der Waals surface area (Å²) in [4.78, 5) is 31.2. The average molecular weight is 443 g/mol. The fraction of sp³-hybridized carbons (Fsp3) is 0.421. The molecule has 9 heteroatoms. The zero-order valence-electron chi connectivity index (χ0n) is 15.5. The van der Waals surface area contributed by atoms with E-state index < -0.39 is 0 Å². The van der Waals surface area contributed by atoms with E-state index >= 15 is 0 Å². The molecule has 1 aromatic carbocycles. The summed E-state index contributed by atoms with van der Waals surface area (Å²) in [6.07, 6.45) is 1.77. The smallest absolute Gasteiger partial charge is 0.266 e. The van der Waals surface area contributed by atoms with E-state index in [-0.39, 0.29) is 24.4 Å². The van der Waals surface area contributed by atoms with E-state index in [0.717, 1.165) is 12.8 Å². The molecule has 1 amide bonds. The number of rotatable bonds is 7. The molecule has 1 atom stereocenters. The molecule has 2 heterocycles. The van der Waals surface area contributed by atoms with Gasteiger partial charge >= 0.3 is 0 Å². The van der Waals surface area contributed by atoms with Crippen LogP contribution in [-0.2, 0) is 9.53 Å². The van der Waals surface area contributed by atoms with Crippen molar-refractivity contribution in [3.05, 3.63) is 38.8 Å². The van der Waals surface area contributed by atoms with Crippen LogP contribution in [0.1, 0.15) is 35.1 Å². The third-order valence-corrected chi connectivity index (χ3v) is 6.10. The molecule has 0 bridgehead atoms. The molecule has 0 spiro atoms. The van der Waals surface area contributed by atoms with E-state index in [1.165, 1.54) is 23.2 Å². The Bertz CT molecular complexity index is 881. The van der Waals surface area contributed by atoms with E-state index in [2.05, 4.69) is 4.98 Å². The Morgan fingerprint density at radius 1 is 1.39 bits per heavy atom. The molecule has 2 aromatic rings. The van der Waals surface area contributed by atoms with E-state index in [9.17, 15) is 9.59 Å². The second-order valence-electron chi connectivity index (χ2n) is 6.47. The fourth-order valence-electron chi connectivity index (χ4n) is 2.91. The molecular weight excluding hydrogens is 423 g/mol. The quantitative estimate of drug-likeness (QED) is 0.588. The maximum absolute atomic E-state index is 12.9. The minimum absolute atomic E-state index is 0.0620. The number of Topliss-reactive ketones (excluding diaryl/α,β-unsaturated/α-hetero) is 1. The lowest BCUT2D eigenvalue weighted by atomic mass is 10.2. The van der Waals surface area contributed by atoms with Gasteiger partial charge in [-0.05, 0) is 38.0 Å². The lowest BCUT2D eigenvalue weighted by Crippen LogP contribution is -2.40. The molecule has 3 rings (SSSR count). The first-order chi connectivity index (χ1) is 13.3. The number of benzene rings is 1. The van der Waals surface area contributed by atoms with Gasteiger partial charge in [-0.25, -0.2) is 4.98 Å². The molecule has 1 fully saturated rings. The van der Waals surface area contributed by atoms with Crippen LogP contribution in [0.5, 0.6) is 5.75 Å². The summed E-state index contributed by atoms with van der Waals surface area (Å²) in [6.45, 7) is 4.07. The standard InChI is InChI=1S/C19H20Cl2N2O4S/c1-11-18(12(2)24)28-19(22-11)23(9-14-4-3-7-26-14)17(25)10-27-16-6-5-13(20)8-15(16)21/h5-6,8,14H,3-4,7,9-10H2,1-2H3. The lowest BCUT2D eigenvalue weighted by Gasteiger charge is -2.23. The van der Waals surface area contributed by atoms with Gasteiger partial charge in [0.2, 0.25) is 0 Å². The Hall–Kier alpha value is -1.67. The van der Waals surface area contributed by atoms with Gasteiger partial charge in [-0.15, -0.1) is 0 Å². The number of ether oxygens (including phenoxy) is 2. The van der Waals surface area contributed by atoms with Crippen LogP contribution in [0.15, 0.2) is 18.2 Å². The van der Waals surface area contributed by atoms with Crippen LogP contribution < -0.4 is 9.64 Å². The Labute approximate surface area is 177 Å². The zero-order chi connectivity index (χ0) is 20.3. The van der Waals surface area contributed by atoms with Crippen LogP contribution in [0, 0.1) is 6.92 Å². The maximum atomic E-state index is 12.9.